The van der Waals surface area contributed by atoms with Crippen LogP contribution >= 0.6 is 23.6 Å². The minimum absolute atomic E-state index is 0.271. The smallest absolute Gasteiger partial charge is 0.195 e. The lowest BCUT2D eigenvalue weighted by Crippen LogP contribution is -2.14. The van der Waals surface area contributed by atoms with Crippen molar-refractivity contribution in [3.63, 3.8) is 0 Å². The fourth-order valence-electron chi connectivity index (χ4n) is 1.81. The maximum absolute atomic E-state index is 5.26. The quantitative estimate of drug-likeness (QED) is 0.862. The summed E-state index contributed by atoms with van der Waals surface area (Å²) in [5.74, 6) is 0.826. The Labute approximate surface area is 122 Å². The topological polar surface area (TPSA) is 49.7 Å². The summed E-state index contributed by atoms with van der Waals surface area (Å²) in [5.41, 5.74) is 0.903. The maximum atomic E-state index is 5.26. The molecule has 19 heavy (non-hydrogen) atoms. The third kappa shape index (κ3) is 3.29. The molecule has 0 spiro atoms. The fraction of sp³-hybridized carbons (Fsp3) is 0.583. The molecule has 0 fully saturated rings. The van der Waals surface area contributed by atoms with Gasteiger partial charge in [0.2, 0.25) is 0 Å². The molecular formula is C12H19N5S2. The molecule has 0 aliphatic rings. The highest BCUT2D eigenvalue weighted by atomic mass is 32.1. The lowest BCUT2D eigenvalue weighted by Gasteiger charge is -2.08. The summed E-state index contributed by atoms with van der Waals surface area (Å²) < 4.78 is 2.65. The normalized spacial score (nSPS) is 11.7. The second-order valence-corrected chi connectivity index (χ2v) is 6.33. The molecule has 0 saturated heterocycles. The number of likely N-dealkylation sites (N-methyl/N-ethyl adjacent to an activating group) is 1. The highest BCUT2D eigenvalue weighted by Gasteiger charge is 2.14. The van der Waals surface area contributed by atoms with Gasteiger partial charge in [0.15, 0.2) is 10.6 Å². The van der Waals surface area contributed by atoms with E-state index in [2.05, 4.69) is 53.4 Å². The lowest BCUT2D eigenvalue weighted by molar-refractivity contribution is 0.413. The van der Waals surface area contributed by atoms with Crippen molar-refractivity contribution in [1.82, 2.24) is 24.6 Å². The van der Waals surface area contributed by atoms with Crippen LogP contribution in [0.2, 0.25) is 0 Å². The van der Waals surface area contributed by atoms with Gasteiger partial charge in [-0.1, -0.05) is 0 Å². The van der Waals surface area contributed by atoms with Crippen molar-refractivity contribution in [2.75, 3.05) is 20.6 Å². The van der Waals surface area contributed by atoms with Gasteiger partial charge >= 0.3 is 0 Å². The Hall–Kier alpha value is -1.05. The van der Waals surface area contributed by atoms with Crippen LogP contribution in [0.25, 0.3) is 11.5 Å². The Kier molecular flexibility index (Phi) is 4.49. The Morgan fingerprint density at radius 1 is 1.47 bits per heavy atom. The van der Waals surface area contributed by atoms with E-state index in [1.807, 2.05) is 4.57 Å². The molecule has 5 nitrogen and oxygen atoms in total. The third-order valence-electron chi connectivity index (χ3n) is 2.77. The zero-order chi connectivity index (χ0) is 14.0. The summed E-state index contributed by atoms with van der Waals surface area (Å²) in [4.78, 5) is 6.81. The van der Waals surface area contributed by atoms with Crippen molar-refractivity contribution >= 4 is 23.6 Å². The van der Waals surface area contributed by atoms with E-state index < -0.39 is 0 Å². The highest BCUT2D eigenvalue weighted by molar-refractivity contribution is 7.71. The predicted octanol–water partition coefficient (Wildman–Crippen LogP) is 2.75. The number of H-pyrrole nitrogens is 1. The van der Waals surface area contributed by atoms with Crippen LogP contribution in [-0.2, 0) is 6.42 Å². The molecule has 1 N–H and O–H groups in total. The van der Waals surface area contributed by atoms with Crippen LogP contribution in [0.15, 0.2) is 5.38 Å². The first kappa shape index (κ1) is 14.4. The van der Waals surface area contributed by atoms with Crippen molar-refractivity contribution in [2.45, 2.75) is 26.3 Å². The SMILES string of the molecule is CC(C)n1c(-c2csc(CCN(C)C)n2)n[nH]c1=S. The first-order valence-corrected chi connectivity index (χ1v) is 7.54. The molecule has 2 aromatic rings. The largest absolute Gasteiger partial charge is 0.309 e. The Bertz CT molecular complexity index is 593. The van der Waals surface area contributed by atoms with E-state index in [1.54, 1.807) is 11.3 Å². The maximum Gasteiger partial charge on any atom is 0.195 e. The first-order valence-electron chi connectivity index (χ1n) is 6.25. The average Bonchev–Trinajstić information content (AvgIpc) is 2.92. The molecule has 0 radical (unpaired) electrons. The number of nitrogens with one attached hydrogen (secondary N) is 1. The number of rotatable bonds is 5. The molecule has 2 rings (SSSR count). The summed E-state index contributed by atoms with van der Waals surface area (Å²) in [5, 5.41) is 10.3. The van der Waals surface area contributed by atoms with E-state index in [0.29, 0.717) is 4.77 Å². The Balaban J connectivity index is 2.26. The molecule has 104 valence electrons. The number of nitrogens with zero attached hydrogens (tertiary/aromatic N) is 4. The van der Waals surface area contributed by atoms with E-state index in [4.69, 9.17) is 12.2 Å². The van der Waals surface area contributed by atoms with Gasteiger partial charge in [-0.2, -0.15) is 5.10 Å². The van der Waals surface area contributed by atoms with Gasteiger partial charge in [0.25, 0.3) is 0 Å². The first-order chi connectivity index (χ1) is 8.99. The number of hydrogen-bond acceptors (Lipinski definition) is 5. The van der Waals surface area contributed by atoms with Crippen LogP contribution in [0.3, 0.4) is 0 Å². The van der Waals surface area contributed by atoms with Gasteiger partial charge in [-0.25, -0.2) is 4.98 Å². The van der Waals surface area contributed by atoms with Crippen molar-refractivity contribution in [2.24, 2.45) is 0 Å². The van der Waals surface area contributed by atoms with Crippen molar-refractivity contribution in [1.29, 1.82) is 0 Å². The van der Waals surface area contributed by atoms with Crippen LogP contribution in [0.1, 0.15) is 24.9 Å². The molecule has 0 aromatic carbocycles. The molecule has 0 saturated carbocycles. The zero-order valence-electron chi connectivity index (χ0n) is 11.7. The van der Waals surface area contributed by atoms with Crippen molar-refractivity contribution < 1.29 is 0 Å². The van der Waals surface area contributed by atoms with Gasteiger partial charge in [0.05, 0.1) is 5.01 Å². The highest BCUT2D eigenvalue weighted by Crippen LogP contribution is 2.23. The van der Waals surface area contributed by atoms with E-state index in [0.717, 1.165) is 29.5 Å². The summed E-state index contributed by atoms with van der Waals surface area (Å²) >= 11 is 6.93. The van der Waals surface area contributed by atoms with Gasteiger partial charge < -0.3 is 4.90 Å². The number of hydrogen-bond donors (Lipinski definition) is 1. The van der Waals surface area contributed by atoms with Crippen LogP contribution in [-0.4, -0.2) is 45.3 Å². The monoisotopic (exact) mass is 297 g/mol. The fourth-order valence-corrected chi connectivity index (χ4v) is 2.92. The summed E-state index contributed by atoms with van der Waals surface area (Å²) in [6.45, 7) is 5.19. The summed E-state index contributed by atoms with van der Waals surface area (Å²) in [6, 6.07) is 0.271. The van der Waals surface area contributed by atoms with E-state index >= 15 is 0 Å². The predicted molar refractivity (Wildman–Crippen MR) is 81.2 cm³/mol. The van der Waals surface area contributed by atoms with E-state index in [-0.39, 0.29) is 6.04 Å². The summed E-state index contributed by atoms with van der Waals surface area (Å²) in [7, 11) is 4.14. The standard InChI is InChI=1S/C12H19N5S2/c1-8(2)17-11(14-15-12(17)18)9-7-19-10(13-9)5-6-16(3)4/h7-8H,5-6H2,1-4H3,(H,15,18). The van der Waals surface area contributed by atoms with Crippen LogP contribution in [0.4, 0.5) is 0 Å². The molecule has 0 aliphatic carbocycles. The van der Waals surface area contributed by atoms with Gasteiger partial charge in [-0.15, -0.1) is 11.3 Å². The molecule has 0 amide bonds. The minimum Gasteiger partial charge on any atom is -0.309 e. The van der Waals surface area contributed by atoms with Crippen molar-refractivity contribution in [3.05, 3.63) is 15.2 Å². The van der Waals surface area contributed by atoms with Gasteiger partial charge in [-0.05, 0) is 40.2 Å². The Morgan fingerprint density at radius 2 is 2.21 bits per heavy atom. The molecule has 7 heteroatoms. The van der Waals surface area contributed by atoms with Crippen LogP contribution < -0.4 is 0 Å². The average molecular weight is 297 g/mol. The summed E-state index contributed by atoms with van der Waals surface area (Å²) in [6.07, 6.45) is 0.963. The Morgan fingerprint density at radius 3 is 2.84 bits per heavy atom. The molecule has 0 atom stereocenters. The third-order valence-corrected chi connectivity index (χ3v) is 3.97. The second-order valence-electron chi connectivity index (χ2n) is 5.00. The molecule has 0 aliphatic heterocycles. The van der Waals surface area contributed by atoms with E-state index in [9.17, 15) is 0 Å². The van der Waals surface area contributed by atoms with E-state index in [1.165, 1.54) is 0 Å². The van der Waals surface area contributed by atoms with Crippen molar-refractivity contribution in [3.8, 4) is 11.5 Å². The van der Waals surface area contributed by atoms with Crippen LogP contribution in [0.5, 0.6) is 0 Å². The molecule has 0 bridgehead atoms. The number of aromatic amines is 1. The molecular weight excluding hydrogens is 278 g/mol. The molecule has 0 unspecified atom stereocenters. The van der Waals surface area contributed by atoms with Crippen LogP contribution in [0, 0.1) is 4.77 Å². The minimum atomic E-state index is 0.271. The molecule has 2 aromatic heterocycles. The lowest BCUT2D eigenvalue weighted by atomic mass is 10.3. The van der Waals surface area contributed by atoms with Gasteiger partial charge in [0.1, 0.15) is 5.69 Å². The zero-order valence-corrected chi connectivity index (χ0v) is 13.3. The van der Waals surface area contributed by atoms with Gasteiger partial charge in [-0.3, -0.25) is 9.67 Å². The number of thiazole rings is 1. The van der Waals surface area contributed by atoms with Gasteiger partial charge in [0, 0.05) is 24.4 Å². The second kappa shape index (κ2) is 5.94. The number of aromatic nitrogens is 4. The molecule has 2 heterocycles.